The fourth-order valence-electron chi connectivity index (χ4n) is 5.48. The summed E-state index contributed by atoms with van der Waals surface area (Å²) in [6.45, 7) is 7.17. The summed E-state index contributed by atoms with van der Waals surface area (Å²) in [5, 5.41) is 5.01. The molecule has 0 amide bonds. The van der Waals surface area contributed by atoms with E-state index in [1.807, 2.05) is 31.4 Å². The van der Waals surface area contributed by atoms with Gasteiger partial charge >= 0.3 is 6.36 Å². The van der Waals surface area contributed by atoms with Crippen molar-refractivity contribution in [3.8, 4) is 16.9 Å². The molecule has 0 unspecified atom stereocenters. The Hall–Kier alpha value is -3.24. The second-order valence-corrected chi connectivity index (χ2v) is 10.9. The van der Waals surface area contributed by atoms with Crippen LogP contribution in [0.1, 0.15) is 17.5 Å². The number of benzene rings is 3. The zero-order chi connectivity index (χ0) is 29.0. The molecule has 5 rings (SSSR count). The molecule has 0 bridgehead atoms. The summed E-state index contributed by atoms with van der Waals surface area (Å²) in [6, 6.07) is 18.6. The quantitative estimate of drug-likeness (QED) is 0.167. The van der Waals surface area contributed by atoms with Gasteiger partial charge in [0.15, 0.2) is 0 Å². The second kappa shape index (κ2) is 12.7. The minimum absolute atomic E-state index is 0.237. The van der Waals surface area contributed by atoms with E-state index in [2.05, 4.69) is 48.7 Å². The van der Waals surface area contributed by atoms with Crippen LogP contribution in [-0.4, -0.2) is 60.5 Å². The lowest BCUT2D eigenvalue weighted by Gasteiger charge is -2.35. The van der Waals surface area contributed by atoms with Crippen molar-refractivity contribution in [3.05, 3.63) is 83.0 Å². The fourth-order valence-corrected chi connectivity index (χ4v) is 5.68. The smallest absolute Gasteiger partial charge is 0.406 e. The van der Waals surface area contributed by atoms with Crippen molar-refractivity contribution in [2.45, 2.75) is 32.4 Å². The number of nitrogens with two attached hydrogens (primary N) is 1. The maximum absolute atomic E-state index is 12.7. The van der Waals surface area contributed by atoms with Gasteiger partial charge < -0.3 is 20.4 Å². The Morgan fingerprint density at radius 2 is 1.66 bits per heavy atom. The molecule has 1 aliphatic rings. The number of alkyl halides is 3. The number of nitrogen functional groups attached to an aromatic ring is 1. The first kappa shape index (κ1) is 29.3. The SMILES string of the molecule is CNCCCn1cc(-c2ccc(OC(F)(F)F)cc2N)c2cc(CN3CCN(Cc4ccccc4Cl)CC3)ccc21. The van der Waals surface area contributed by atoms with Gasteiger partial charge in [-0.1, -0.05) is 35.9 Å². The van der Waals surface area contributed by atoms with E-state index in [-0.39, 0.29) is 11.4 Å². The van der Waals surface area contributed by atoms with Gasteiger partial charge in [-0.25, -0.2) is 0 Å². The molecule has 3 aromatic carbocycles. The standard InChI is InChI=1S/C31H35ClF3N5O/c1-37-11-4-12-40-21-27(25-9-8-24(18-29(25)36)41-31(33,34)35)26-17-22(7-10-30(26)40)19-38-13-15-39(16-14-38)20-23-5-2-3-6-28(23)32/h2-3,5-10,17-18,21,37H,4,11-16,19-20,36H2,1H3. The van der Waals surface area contributed by atoms with E-state index >= 15 is 0 Å². The van der Waals surface area contributed by atoms with E-state index in [0.29, 0.717) is 5.56 Å². The summed E-state index contributed by atoms with van der Waals surface area (Å²) < 4.78 is 44.5. The Morgan fingerprint density at radius 3 is 2.34 bits per heavy atom. The third kappa shape index (κ3) is 7.35. The van der Waals surface area contributed by atoms with E-state index < -0.39 is 6.36 Å². The zero-order valence-corrected chi connectivity index (χ0v) is 23.8. The molecule has 0 spiro atoms. The molecule has 10 heteroatoms. The summed E-state index contributed by atoms with van der Waals surface area (Å²) >= 11 is 6.36. The monoisotopic (exact) mass is 585 g/mol. The molecular formula is C31H35ClF3N5O. The summed E-state index contributed by atoms with van der Waals surface area (Å²) in [5.74, 6) is -0.328. The molecule has 1 saturated heterocycles. The summed E-state index contributed by atoms with van der Waals surface area (Å²) in [6.07, 6.45) is -1.78. The number of rotatable bonds is 10. The van der Waals surface area contributed by atoms with E-state index in [0.717, 1.165) is 85.8 Å². The van der Waals surface area contributed by atoms with Crippen LogP contribution in [0.3, 0.4) is 0 Å². The van der Waals surface area contributed by atoms with Crippen molar-refractivity contribution in [1.82, 2.24) is 19.7 Å². The van der Waals surface area contributed by atoms with Crippen molar-refractivity contribution in [2.24, 2.45) is 0 Å². The Kier molecular flexibility index (Phi) is 9.09. The molecule has 2 heterocycles. The van der Waals surface area contributed by atoms with Crippen LogP contribution in [0.4, 0.5) is 18.9 Å². The molecule has 1 fully saturated rings. The predicted octanol–water partition coefficient (Wildman–Crippen LogP) is 6.37. The molecule has 0 saturated carbocycles. The highest BCUT2D eigenvalue weighted by Gasteiger charge is 2.31. The van der Waals surface area contributed by atoms with E-state index in [4.69, 9.17) is 17.3 Å². The number of anilines is 1. The van der Waals surface area contributed by atoms with Crippen LogP contribution >= 0.6 is 11.6 Å². The van der Waals surface area contributed by atoms with Crippen LogP contribution in [0.15, 0.2) is 66.9 Å². The van der Waals surface area contributed by atoms with Crippen LogP contribution in [-0.2, 0) is 19.6 Å². The number of nitrogens with one attached hydrogen (secondary N) is 1. The first-order valence-electron chi connectivity index (χ1n) is 13.8. The number of aryl methyl sites for hydroxylation is 1. The lowest BCUT2D eigenvalue weighted by Crippen LogP contribution is -2.45. The normalized spacial score (nSPS) is 15.0. The Bertz CT molecular complexity index is 1480. The number of hydrogen-bond acceptors (Lipinski definition) is 5. The van der Waals surface area contributed by atoms with Gasteiger partial charge in [-0.05, 0) is 61.5 Å². The average molecular weight is 586 g/mol. The molecule has 3 N–H and O–H groups in total. The minimum atomic E-state index is -4.77. The van der Waals surface area contributed by atoms with E-state index in [1.165, 1.54) is 17.7 Å². The second-order valence-electron chi connectivity index (χ2n) is 10.5. The van der Waals surface area contributed by atoms with Crippen molar-refractivity contribution < 1.29 is 17.9 Å². The van der Waals surface area contributed by atoms with Crippen LogP contribution < -0.4 is 15.8 Å². The Labute approximate surface area is 243 Å². The lowest BCUT2D eigenvalue weighted by atomic mass is 10.0. The van der Waals surface area contributed by atoms with Crippen LogP contribution in [0.25, 0.3) is 22.0 Å². The van der Waals surface area contributed by atoms with Gasteiger partial charge in [0, 0.05) is 90.8 Å². The lowest BCUT2D eigenvalue weighted by molar-refractivity contribution is -0.274. The number of halogens is 4. The number of nitrogens with zero attached hydrogens (tertiary/aromatic N) is 3. The van der Waals surface area contributed by atoms with Crippen molar-refractivity contribution in [2.75, 3.05) is 45.5 Å². The topological polar surface area (TPSA) is 58.7 Å². The third-order valence-corrected chi connectivity index (χ3v) is 7.91. The number of fused-ring (bicyclic) bond motifs is 1. The van der Waals surface area contributed by atoms with Crippen molar-refractivity contribution in [1.29, 1.82) is 0 Å². The average Bonchev–Trinajstić information content (AvgIpc) is 3.28. The molecule has 4 aromatic rings. The molecule has 218 valence electrons. The molecule has 0 atom stereocenters. The molecule has 1 aromatic heterocycles. The number of hydrogen-bond donors (Lipinski definition) is 2. The summed E-state index contributed by atoms with van der Waals surface area (Å²) in [4.78, 5) is 4.88. The maximum atomic E-state index is 12.7. The maximum Gasteiger partial charge on any atom is 0.573 e. The van der Waals surface area contributed by atoms with Crippen LogP contribution in [0, 0.1) is 0 Å². The molecule has 0 aliphatic carbocycles. The van der Waals surface area contributed by atoms with Gasteiger partial charge in [-0.15, -0.1) is 13.2 Å². The Balaban J connectivity index is 1.35. The van der Waals surface area contributed by atoms with Gasteiger partial charge in [0.1, 0.15) is 5.75 Å². The number of piperazine rings is 1. The van der Waals surface area contributed by atoms with Crippen LogP contribution in [0.2, 0.25) is 5.02 Å². The molecule has 0 radical (unpaired) electrons. The van der Waals surface area contributed by atoms with Gasteiger partial charge in [0.2, 0.25) is 0 Å². The highest BCUT2D eigenvalue weighted by molar-refractivity contribution is 6.31. The minimum Gasteiger partial charge on any atom is -0.406 e. The molecular weight excluding hydrogens is 551 g/mol. The van der Waals surface area contributed by atoms with Crippen molar-refractivity contribution >= 4 is 28.2 Å². The van der Waals surface area contributed by atoms with Gasteiger partial charge in [-0.3, -0.25) is 9.80 Å². The Morgan fingerprint density at radius 1 is 0.927 bits per heavy atom. The predicted molar refractivity (Wildman–Crippen MR) is 159 cm³/mol. The molecule has 1 aliphatic heterocycles. The van der Waals surface area contributed by atoms with E-state index in [1.54, 1.807) is 6.07 Å². The summed E-state index contributed by atoms with van der Waals surface area (Å²) in [7, 11) is 1.92. The fraction of sp³-hybridized carbons (Fsp3) is 0.355. The highest BCUT2D eigenvalue weighted by atomic mass is 35.5. The highest BCUT2D eigenvalue weighted by Crippen LogP contribution is 2.37. The van der Waals surface area contributed by atoms with Gasteiger partial charge in [0.05, 0.1) is 0 Å². The molecule has 6 nitrogen and oxygen atoms in total. The summed E-state index contributed by atoms with van der Waals surface area (Å²) in [5.41, 5.74) is 11.5. The number of ether oxygens (including phenoxy) is 1. The first-order valence-corrected chi connectivity index (χ1v) is 14.2. The first-order chi connectivity index (χ1) is 19.7. The number of aromatic nitrogens is 1. The largest absolute Gasteiger partial charge is 0.573 e. The zero-order valence-electron chi connectivity index (χ0n) is 23.1. The van der Waals surface area contributed by atoms with Gasteiger partial charge in [-0.2, -0.15) is 0 Å². The van der Waals surface area contributed by atoms with Crippen molar-refractivity contribution in [3.63, 3.8) is 0 Å². The third-order valence-electron chi connectivity index (χ3n) is 7.54. The van der Waals surface area contributed by atoms with E-state index in [9.17, 15) is 13.2 Å². The van der Waals surface area contributed by atoms with Crippen LogP contribution in [0.5, 0.6) is 5.75 Å². The van der Waals surface area contributed by atoms with Gasteiger partial charge in [0.25, 0.3) is 0 Å². The molecule has 41 heavy (non-hydrogen) atoms.